The van der Waals surface area contributed by atoms with Crippen molar-refractivity contribution in [3.8, 4) is 0 Å². The molecule has 1 aliphatic carbocycles. The summed E-state index contributed by atoms with van der Waals surface area (Å²) in [7, 11) is -3.39. The second kappa shape index (κ2) is 6.70. The largest absolute Gasteiger partial charge is 0.481 e. The van der Waals surface area contributed by atoms with Crippen LogP contribution in [-0.4, -0.2) is 65.7 Å². The van der Waals surface area contributed by atoms with Crippen LogP contribution >= 0.6 is 0 Å². The van der Waals surface area contributed by atoms with Crippen LogP contribution in [0.5, 0.6) is 0 Å². The first-order valence-corrected chi connectivity index (χ1v) is 11.3. The Morgan fingerprint density at radius 3 is 2.67 bits per heavy atom. The molecule has 1 aromatic heterocycles. The highest BCUT2D eigenvalue weighted by molar-refractivity contribution is 7.89. The molecule has 3 fully saturated rings. The molecule has 1 N–H and O–H groups in total. The lowest BCUT2D eigenvalue weighted by Crippen LogP contribution is -2.42. The Morgan fingerprint density at radius 1 is 1.30 bits per heavy atom. The SMILES string of the molecule is CCS(=O)(=O)N1C[C@@H]2CN(c3nccc(C4CCCC4)n3)C[C@]2(C(=O)O)C1. The summed E-state index contributed by atoms with van der Waals surface area (Å²) >= 11 is 0. The van der Waals surface area contributed by atoms with Gasteiger partial charge in [-0.3, -0.25) is 4.79 Å². The number of fused-ring (bicyclic) bond motifs is 1. The van der Waals surface area contributed by atoms with E-state index in [1.165, 1.54) is 17.1 Å². The van der Waals surface area contributed by atoms with Crippen LogP contribution in [0.2, 0.25) is 0 Å². The third-order valence-corrected chi connectivity index (χ3v) is 8.28. The van der Waals surface area contributed by atoms with Gasteiger partial charge in [0.2, 0.25) is 16.0 Å². The molecule has 9 heteroatoms. The summed E-state index contributed by atoms with van der Waals surface area (Å²) in [6.45, 7) is 2.59. The molecule has 0 radical (unpaired) electrons. The van der Waals surface area contributed by atoms with E-state index in [0.29, 0.717) is 18.4 Å². The molecule has 1 saturated carbocycles. The molecule has 0 aromatic carbocycles. The zero-order valence-electron chi connectivity index (χ0n) is 15.5. The van der Waals surface area contributed by atoms with Gasteiger partial charge in [0.1, 0.15) is 5.41 Å². The van der Waals surface area contributed by atoms with Crippen LogP contribution in [0.1, 0.15) is 44.2 Å². The molecule has 4 rings (SSSR count). The van der Waals surface area contributed by atoms with E-state index in [4.69, 9.17) is 4.98 Å². The number of hydrogen-bond donors (Lipinski definition) is 1. The molecule has 27 heavy (non-hydrogen) atoms. The summed E-state index contributed by atoms with van der Waals surface area (Å²) < 4.78 is 25.8. The summed E-state index contributed by atoms with van der Waals surface area (Å²) in [5.74, 6) is -0.163. The molecule has 3 heterocycles. The number of nitrogens with zero attached hydrogens (tertiary/aromatic N) is 4. The fourth-order valence-corrected chi connectivity index (χ4v) is 6.03. The number of anilines is 1. The van der Waals surface area contributed by atoms with E-state index < -0.39 is 21.4 Å². The van der Waals surface area contributed by atoms with E-state index in [9.17, 15) is 18.3 Å². The van der Waals surface area contributed by atoms with Crippen LogP contribution < -0.4 is 4.90 Å². The highest BCUT2D eigenvalue weighted by atomic mass is 32.2. The van der Waals surface area contributed by atoms with Crippen LogP contribution in [0.25, 0.3) is 0 Å². The van der Waals surface area contributed by atoms with E-state index in [-0.39, 0.29) is 31.3 Å². The number of sulfonamides is 1. The average Bonchev–Trinajstić information content (AvgIpc) is 3.36. The van der Waals surface area contributed by atoms with Crippen molar-refractivity contribution in [1.82, 2.24) is 14.3 Å². The minimum atomic E-state index is -3.39. The molecule has 0 unspecified atom stereocenters. The minimum Gasteiger partial charge on any atom is -0.481 e. The normalized spacial score (nSPS) is 29.4. The number of hydrogen-bond acceptors (Lipinski definition) is 6. The van der Waals surface area contributed by atoms with Gasteiger partial charge in [-0.25, -0.2) is 22.7 Å². The van der Waals surface area contributed by atoms with Crippen LogP contribution in [0.15, 0.2) is 12.3 Å². The van der Waals surface area contributed by atoms with Gasteiger partial charge in [0, 0.05) is 49.9 Å². The zero-order valence-corrected chi connectivity index (χ0v) is 16.4. The molecule has 0 bridgehead atoms. The number of aromatic nitrogens is 2. The average molecular weight is 394 g/mol. The molecule has 2 saturated heterocycles. The lowest BCUT2D eigenvalue weighted by molar-refractivity contribution is -0.148. The Morgan fingerprint density at radius 2 is 2.04 bits per heavy atom. The quantitative estimate of drug-likeness (QED) is 0.803. The van der Waals surface area contributed by atoms with Crippen LogP contribution in [0, 0.1) is 11.3 Å². The minimum absolute atomic E-state index is 0.00826. The van der Waals surface area contributed by atoms with Crippen molar-refractivity contribution < 1.29 is 18.3 Å². The van der Waals surface area contributed by atoms with Gasteiger partial charge in [0.15, 0.2) is 0 Å². The van der Waals surface area contributed by atoms with Crippen molar-refractivity contribution in [3.05, 3.63) is 18.0 Å². The fourth-order valence-electron chi connectivity index (χ4n) is 4.83. The van der Waals surface area contributed by atoms with Crippen LogP contribution in [-0.2, 0) is 14.8 Å². The van der Waals surface area contributed by atoms with Gasteiger partial charge in [0.25, 0.3) is 0 Å². The van der Waals surface area contributed by atoms with Crippen molar-refractivity contribution in [2.75, 3.05) is 36.8 Å². The Hall–Kier alpha value is -1.74. The number of rotatable bonds is 5. The summed E-state index contributed by atoms with van der Waals surface area (Å²) in [6.07, 6.45) is 6.48. The summed E-state index contributed by atoms with van der Waals surface area (Å²) in [5.41, 5.74) is -0.0521. The predicted molar refractivity (Wildman–Crippen MR) is 100 cm³/mol. The van der Waals surface area contributed by atoms with Crippen molar-refractivity contribution >= 4 is 21.9 Å². The lowest BCUT2D eigenvalue weighted by atomic mass is 9.81. The molecule has 3 aliphatic rings. The van der Waals surface area contributed by atoms with Gasteiger partial charge in [-0.15, -0.1) is 0 Å². The summed E-state index contributed by atoms with van der Waals surface area (Å²) in [4.78, 5) is 23.2. The van der Waals surface area contributed by atoms with Gasteiger partial charge in [-0.05, 0) is 25.8 Å². The molecule has 1 aromatic rings. The first-order chi connectivity index (χ1) is 12.9. The first kappa shape index (κ1) is 18.6. The molecule has 2 aliphatic heterocycles. The highest BCUT2D eigenvalue weighted by Gasteiger charge is 2.59. The monoisotopic (exact) mass is 394 g/mol. The number of carbonyl (C=O) groups is 1. The van der Waals surface area contributed by atoms with Gasteiger partial charge < -0.3 is 10.0 Å². The molecular formula is C18H26N4O4S. The van der Waals surface area contributed by atoms with E-state index >= 15 is 0 Å². The van der Waals surface area contributed by atoms with E-state index in [2.05, 4.69) is 4.98 Å². The Labute approximate surface area is 159 Å². The smallest absolute Gasteiger partial charge is 0.313 e. The maximum atomic E-state index is 12.2. The van der Waals surface area contributed by atoms with Gasteiger partial charge in [-0.2, -0.15) is 0 Å². The maximum absolute atomic E-state index is 12.2. The van der Waals surface area contributed by atoms with Crippen molar-refractivity contribution in [2.24, 2.45) is 11.3 Å². The van der Waals surface area contributed by atoms with Gasteiger partial charge in [0.05, 0.1) is 5.75 Å². The van der Waals surface area contributed by atoms with Crippen LogP contribution in [0.3, 0.4) is 0 Å². The first-order valence-electron chi connectivity index (χ1n) is 9.65. The molecule has 2 atom stereocenters. The van der Waals surface area contributed by atoms with Crippen LogP contribution in [0.4, 0.5) is 5.95 Å². The molecular weight excluding hydrogens is 368 g/mol. The fraction of sp³-hybridized carbons (Fsp3) is 0.722. The molecule has 0 amide bonds. The summed E-state index contributed by atoms with van der Waals surface area (Å²) in [5, 5.41) is 9.93. The topological polar surface area (TPSA) is 104 Å². The van der Waals surface area contributed by atoms with E-state index in [1.54, 1.807) is 13.1 Å². The second-order valence-corrected chi connectivity index (χ2v) is 10.3. The number of carboxylic acids is 1. The third-order valence-electron chi connectivity index (χ3n) is 6.48. The lowest BCUT2D eigenvalue weighted by Gasteiger charge is -2.25. The zero-order chi connectivity index (χ0) is 19.2. The third kappa shape index (κ3) is 3.10. The summed E-state index contributed by atoms with van der Waals surface area (Å²) in [6, 6.07) is 1.96. The van der Waals surface area contributed by atoms with Crippen molar-refractivity contribution in [1.29, 1.82) is 0 Å². The molecule has 148 valence electrons. The standard InChI is InChI=1S/C18H26N4O4S/c1-2-27(25,26)22-10-14-9-21(11-18(14,12-22)16(23)24)17-19-8-7-15(20-17)13-5-3-4-6-13/h7-8,13-14H,2-6,9-12H2,1H3,(H,23,24)/t14-,18-/m0/s1. The van der Waals surface area contributed by atoms with E-state index in [1.807, 2.05) is 11.0 Å². The Bertz CT molecular complexity index is 840. The Balaban J connectivity index is 1.57. The van der Waals surface area contributed by atoms with Gasteiger partial charge >= 0.3 is 5.97 Å². The van der Waals surface area contributed by atoms with Gasteiger partial charge in [-0.1, -0.05) is 12.8 Å². The second-order valence-electron chi connectivity index (χ2n) is 7.99. The predicted octanol–water partition coefficient (Wildman–Crippen LogP) is 1.31. The molecule has 0 spiro atoms. The maximum Gasteiger partial charge on any atom is 0.313 e. The Kier molecular flexibility index (Phi) is 4.62. The van der Waals surface area contributed by atoms with Crippen molar-refractivity contribution in [2.45, 2.75) is 38.5 Å². The molecule has 8 nitrogen and oxygen atoms in total. The number of carboxylic acid groups (broad SMARTS) is 1. The highest BCUT2D eigenvalue weighted by Crippen LogP contribution is 2.45. The van der Waals surface area contributed by atoms with E-state index in [0.717, 1.165) is 18.5 Å². The van der Waals surface area contributed by atoms with Crippen molar-refractivity contribution in [3.63, 3.8) is 0 Å². The number of aliphatic carboxylic acids is 1.